The topological polar surface area (TPSA) is 128 Å². The van der Waals surface area contributed by atoms with E-state index in [0.29, 0.717) is 57.3 Å². The van der Waals surface area contributed by atoms with Crippen LogP contribution in [0.5, 0.6) is 0 Å². The number of hydrogen-bond donors (Lipinski definition) is 0. The minimum atomic E-state index is -4.82. The normalized spacial score (nSPS) is 17.7. The Morgan fingerprint density at radius 1 is 1.05 bits per heavy atom. The zero-order valence-corrected chi connectivity index (χ0v) is 23.0. The molecule has 2 aliphatic rings. The molecule has 3 heterocycles. The van der Waals surface area contributed by atoms with Crippen molar-refractivity contribution in [1.82, 2.24) is 14.4 Å². The third-order valence-corrected chi connectivity index (χ3v) is 9.32. The first-order chi connectivity index (χ1) is 18.8. The van der Waals surface area contributed by atoms with Crippen LogP contribution in [0.3, 0.4) is 0 Å². The number of anilines is 1. The number of nitriles is 1. The van der Waals surface area contributed by atoms with E-state index in [-0.39, 0.29) is 33.9 Å². The summed E-state index contributed by atoms with van der Waals surface area (Å²) < 4.78 is 72.6. The monoisotopic (exact) mass is 579 g/mol. The van der Waals surface area contributed by atoms with Crippen LogP contribution in [0.2, 0.25) is 0 Å². The first-order valence-corrected chi connectivity index (χ1v) is 14.1. The fourth-order valence-electron chi connectivity index (χ4n) is 5.02. The number of imide groups is 1. The third kappa shape index (κ3) is 5.54. The van der Waals surface area contributed by atoms with Gasteiger partial charge < -0.3 is 9.42 Å². The van der Waals surface area contributed by atoms with Gasteiger partial charge in [-0.15, -0.1) is 0 Å². The lowest BCUT2D eigenvalue weighted by Gasteiger charge is -2.33. The van der Waals surface area contributed by atoms with Gasteiger partial charge in [0.2, 0.25) is 10.0 Å². The minimum Gasteiger partial charge on any atom is -0.360 e. The molecule has 0 radical (unpaired) electrons. The van der Waals surface area contributed by atoms with Crippen LogP contribution in [0.25, 0.3) is 0 Å². The minimum absolute atomic E-state index is 0.102. The third-order valence-electron chi connectivity index (χ3n) is 7.17. The molecule has 2 amide bonds. The Morgan fingerprint density at radius 2 is 1.73 bits per heavy atom. The van der Waals surface area contributed by atoms with Gasteiger partial charge in [0.1, 0.15) is 10.6 Å². The highest BCUT2D eigenvalue weighted by atomic mass is 32.2. The standard InChI is InChI=1S/C26H28F3N5O5S/c1-16-21(25(36)34(24(16)35)20-8-7-19(15-30)22(14-20)26(27,28)29)6-4-5-9-32-10-12-33(13-11-32)40(37,38)23-17(2)31-39-18(23)3/h7-8,14H,4-6,9-13H2,1-3H3. The molecule has 0 spiro atoms. The average Bonchev–Trinajstić information content (AvgIpc) is 3.35. The van der Waals surface area contributed by atoms with Crippen LogP contribution in [0.4, 0.5) is 18.9 Å². The number of piperazine rings is 1. The van der Waals surface area contributed by atoms with Crippen molar-refractivity contribution >= 4 is 27.5 Å². The van der Waals surface area contributed by atoms with Crippen molar-refractivity contribution in [1.29, 1.82) is 5.26 Å². The van der Waals surface area contributed by atoms with Crippen LogP contribution >= 0.6 is 0 Å². The van der Waals surface area contributed by atoms with Crippen molar-refractivity contribution < 1.29 is 35.7 Å². The number of alkyl halides is 3. The van der Waals surface area contributed by atoms with E-state index in [2.05, 4.69) is 10.1 Å². The Bertz CT molecular complexity index is 1500. The molecular weight excluding hydrogens is 551 g/mol. The first-order valence-electron chi connectivity index (χ1n) is 12.6. The van der Waals surface area contributed by atoms with Crippen molar-refractivity contribution in [3.05, 3.63) is 51.9 Å². The van der Waals surface area contributed by atoms with Gasteiger partial charge in [0.25, 0.3) is 11.8 Å². The zero-order chi connectivity index (χ0) is 29.4. The second-order valence-corrected chi connectivity index (χ2v) is 11.6. The molecule has 0 bridgehead atoms. The fourth-order valence-corrected chi connectivity index (χ4v) is 6.73. The molecule has 14 heteroatoms. The molecule has 1 fully saturated rings. The van der Waals surface area contributed by atoms with Crippen molar-refractivity contribution in [2.24, 2.45) is 0 Å². The van der Waals surface area contributed by atoms with Gasteiger partial charge in [0.05, 0.1) is 22.9 Å². The highest BCUT2D eigenvalue weighted by Crippen LogP contribution is 2.37. The summed E-state index contributed by atoms with van der Waals surface area (Å²) >= 11 is 0. The van der Waals surface area contributed by atoms with E-state index in [1.807, 2.05) is 0 Å². The van der Waals surface area contributed by atoms with E-state index < -0.39 is 39.1 Å². The van der Waals surface area contributed by atoms with Gasteiger partial charge in [0, 0.05) is 37.3 Å². The number of benzene rings is 1. The Hall–Kier alpha value is -3.54. The summed E-state index contributed by atoms with van der Waals surface area (Å²) in [6.07, 6.45) is -3.32. The highest BCUT2D eigenvalue weighted by Gasteiger charge is 2.39. The second-order valence-electron chi connectivity index (χ2n) is 9.74. The molecule has 4 rings (SSSR count). The molecule has 2 aliphatic heterocycles. The molecule has 1 saturated heterocycles. The lowest BCUT2D eigenvalue weighted by molar-refractivity contribution is -0.138. The van der Waals surface area contributed by atoms with Crippen molar-refractivity contribution in [2.75, 3.05) is 37.6 Å². The van der Waals surface area contributed by atoms with Crippen LogP contribution in [0, 0.1) is 25.2 Å². The fraction of sp³-hybridized carbons (Fsp3) is 0.462. The molecule has 0 atom stereocenters. The molecule has 10 nitrogen and oxygen atoms in total. The van der Waals surface area contributed by atoms with E-state index in [4.69, 9.17) is 9.78 Å². The van der Waals surface area contributed by atoms with Gasteiger partial charge in [-0.2, -0.15) is 22.7 Å². The van der Waals surface area contributed by atoms with E-state index in [1.165, 1.54) is 17.3 Å². The lowest BCUT2D eigenvalue weighted by Crippen LogP contribution is -2.48. The molecule has 0 N–H and O–H groups in total. The number of aromatic nitrogens is 1. The van der Waals surface area contributed by atoms with Gasteiger partial charge in [-0.1, -0.05) is 5.16 Å². The predicted molar refractivity (Wildman–Crippen MR) is 136 cm³/mol. The number of unbranched alkanes of at least 4 members (excludes halogenated alkanes) is 1. The van der Waals surface area contributed by atoms with Gasteiger partial charge in [0.15, 0.2) is 5.76 Å². The van der Waals surface area contributed by atoms with Crippen molar-refractivity contribution in [3.8, 4) is 6.07 Å². The summed E-state index contributed by atoms with van der Waals surface area (Å²) in [4.78, 5) is 28.8. The van der Waals surface area contributed by atoms with Crippen LogP contribution in [-0.2, 0) is 25.8 Å². The van der Waals surface area contributed by atoms with E-state index in [1.54, 1.807) is 13.8 Å². The zero-order valence-electron chi connectivity index (χ0n) is 22.2. The first kappa shape index (κ1) is 29.4. The molecule has 0 aliphatic carbocycles. The number of hydrogen-bond acceptors (Lipinski definition) is 8. The number of amides is 2. The Labute approximate surface area is 229 Å². The number of sulfonamides is 1. The van der Waals surface area contributed by atoms with Crippen molar-refractivity contribution in [2.45, 2.75) is 51.1 Å². The number of rotatable bonds is 8. The lowest BCUT2D eigenvalue weighted by atomic mass is 10.0. The molecule has 2 aromatic rings. The van der Waals surface area contributed by atoms with E-state index in [9.17, 15) is 31.2 Å². The van der Waals surface area contributed by atoms with E-state index in [0.717, 1.165) is 17.0 Å². The van der Waals surface area contributed by atoms with Gasteiger partial charge in [-0.05, 0) is 64.8 Å². The molecular formula is C26H28F3N5O5S. The number of nitrogens with zero attached hydrogens (tertiary/aromatic N) is 5. The van der Waals surface area contributed by atoms with Crippen LogP contribution in [0.1, 0.15) is 48.8 Å². The summed E-state index contributed by atoms with van der Waals surface area (Å²) in [7, 11) is -3.71. The molecule has 1 aromatic heterocycles. The summed E-state index contributed by atoms with van der Waals surface area (Å²) in [5.41, 5.74) is -1.29. The van der Waals surface area contributed by atoms with Crippen LogP contribution in [0.15, 0.2) is 38.8 Å². The van der Waals surface area contributed by atoms with Crippen LogP contribution in [-0.4, -0.2) is 67.3 Å². The maximum absolute atomic E-state index is 13.4. The molecule has 1 aromatic carbocycles. The Kier molecular flexibility index (Phi) is 8.21. The van der Waals surface area contributed by atoms with Crippen molar-refractivity contribution in [3.63, 3.8) is 0 Å². The number of aryl methyl sites for hydroxylation is 2. The van der Waals surface area contributed by atoms with E-state index >= 15 is 0 Å². The smallest absolute Gasteiger partial charge is 0.360 e. The molecule has 0 saturated carbocycles. The van der Waals surface area contributed by atoms with Gasteiger partial charge in [-0.25, -0.2) is 13.3 Å². The summed E-state index contributed by atoms with van der Waals surface area (Å²) in [6, 6.07) is 4.24. The summed E-state index contributed by atoms with van der Waals surface area (Å²) in [6.45, 7) is 6.94. The maximum Gasteiger partial charge on any atom is 0.417 e. The predicted octanol–water partition coefficient (Wildman–Crippen LogP) is 3.55. The van der Waals surface area contributed by atoms with Crippen LogP contribution < -0.4 is 4.90 Å². The highest BCUT2D eigenvalue weighted by molar-refractivity contribution is 7.89. The Morgan fingerprint density at radius 3 is 2.30 bits per heavy atom. The number of carbonyl (C=O) groups is 2. The molecule has 0 unspecified atom stereocenters. The van der Waals surface area contributed by atoms with Gasteiger partial charge in [-0.3, -0.25) is 9.59 Å². The maximum atomic E-state index is 13.4. The molecule has 40 heavy (non-hydrogen) atoms. The largest absolute Gasteiger partial charge is 0.417 e. The second kappa shape index (κ2) is 11.1. The average molecular weight is 580 g/mol. The molecule has 214 valence electrons. The van der Waals surface area contributed by atoms with Gasteiger partial charge >= 0.3 is 6.18 Å². The Balaban J connectivity index is 1.31. The quantitative estimate of drug-likeness (QED) is 0.343. The number of carbonyl (C=O) groups excluding carboxylic acids is 2. The number of halogens is 3. The SMILES string of the molecule is CC1=C(CCCCN2CCN(S(=O)(=O)c3c(C)noc3C)CC2)C(=O)N(c2ccc(C#N)c(C(F)(F)F)c2)C1=O. The summed E-state index contributed by atoms with van der Waals surface area (Å²) in [5.74, 6) is -1.10. The summed E-state index contributed by atoms with van der Waals surface area (Å²) in [5, 5.41) is 12.7.